The summed E-state index contributed by atoms with van der Waals surface area (Å²) in [6, 6.07) is 15.8. The zero-order chi connectivity index (χ0) is 29.1. The van der Waals surface area contributed by atoms with Crippen LogP contribution in [0.25, 0.3) is 6.08 Å². The van der Waals surface area contributed by atoms with Gasteiger partial charge in [0.25, 0.3) is 0 Å². The van der Waals surface area contributed by atoms with Crippen molar-refractivity contribution in [2.24, 2.45) is 5.92 Å². The molecule has 0 unspecified atom stereocenters. The molecule has 7 heteroatoms. The Morgan fingerprint density at radius 3 is 2.76 bits per heavy atom. The van der Waals surface area contributed by atoms with Gasteiger partial charge in [-0.2, -0.15) is 0 Å². The fourth-order valence-electron chi connectivity index (χ4n) is 8.52. The van der Waals surface area contributed by atoms with Crippen LogP contribution in [-0.2, 0) is 23.1 Å². The standard InChI is InChI=1S/C35H40N2O5/c1-23(2)21-37(30(39)11-8-25-14-19-41-22-25)27-12-15-35(40)29-20-26-9-10-28(38)32-31(26)34(35,33(27)42-32)16-18-36(29)17-13-24-6-4-3-5-7-24/h3-11,14,19,22-23,27,29,33,38,40H,12-13,15-18,20-21H2,1-2H3/b11-8+/t27-,29+,33-,34-,35+/m0/s1. The molecular weight excluding hydrogens is 528 g/mol. The predicted octanol–water partition coefficient (Wildman–Crippen LogP) is 4.95. The van der Waals surface area contributed by atoms with Gasteiger partial charge >= 0.3 is 0 Å². The molecule has 5 atom stereocenters. The monoisotopic (exact) mass is 568 g/mol. The van der Waals surface area contributed by atoms with E-state index in [0.717, 1.165) is 42.6 Å². The third-order valence-electron chi connectivity index (χ3n) is 10.3. The molecule has 1 saturated carbocycles. The van der Waals surface area contributed by atoms with Crippen LogP contribution >= 0.6 is 0 Å². The molecule has 220 valence electrons. The Kier molecular flexibility index (Phi) is 6.70. The molecule has 2 aliphatic carbocycles. The van der Waals surface area contributed by atoms with Crippen molar-refractivity contribution < 1.29 is 24.2 Å². The van der Waals surface area contributed by atoms with E-state index in [2.05, 4.69) is 43.0 Å². The first-order valence-corrected chi connectivity index (χ1v) is 15.3. The van der Waals surface area contributed by atoms with Gasteiger partial charge in [0.15, 0.2) is 11.5 Å². The van der Waals surface area contributed by atoms with Crippen LogP contribution in [0.4, 0.5) is 0 Å². The van der Waals surface area contributed by atoms with Crippen molar-refractivity contribution in [2.75, 3.05) is 19.6 Å². The van der Waals surface area contributed by atoms with Gasteiger partial charge < -0.3 is 24.3 Å². The van der Waals surface area contributed by atoms with E-state index in [0.29, 0.717) is 31.6 Å². The van der Waals surface area contributed by atoms with Crippen LogP contribution in [0.1, 0.15) is 55.4 Å². The number of benzene rings is 2. The van der Waals surface area contributed by atoms with Crippen LogP contribution in [0, 0.1) is 5.92 Å². The average molecular weight is 569 g/mol. The zero-order valence-corrected chi connectivity index (χ0v) is 24.4. The lowest BCUT2D eigenvalue weighted by Gasteiger charge is -2.65. The molecule has 42 heavy (non-hydrogen) atoms. The summed E-state index contributed by atoms with van der Waals surface area (Å²) in [6.07, 6.45) is 9.74. The summed E-state index contributed by atoms with van der Waals surface area (Å²) >= 11 is 0. The summed E-state index contributed by atoms with van der Waals surface area (Å²) in [4.78, 5) is 18.3. The quantitative estimate of drug-likeness (QED) is 0.374. The molecule has 3 aromatic rings. The van der Waals surface area contributed by atoms with Gasteiger partial charge in [-0.25, -0.2) is 0 Å². The number of furan rings is 1. The molecule has 1 aromatic heterocycles. The summed E-state index contributed by atoms with van der Waals surface area (Å²) in [5, 5.41) is 23.9. The van der Waals surface area contributed by atoms with Crippen LogP contribution < -0.4 is 4.74 Å². The van der Waals surface area contributed by atoms with Crippen LogP contribution in [0.3, 0.4) is 0 Å². The molecule has 0 radical (unpaired) electrons. The first-order valence-electron chi connectivity index (χ1n) is 15.3. The van der Waals surface area contributed by atoms with Crippen LogP contribution in [0.15, 0.2) is 71.6 Å². The van der Waals surface area contributed by atoms with Crippen LogP contribution in [-0.4, -0.2) is 69.3 Å². The van der Waals surface area contributed by atoms with Gasteiger partial charge in [0.2, 0.25) is 5.91 Å². The number of likely N-dealkylation sites (tertiary alicyclic amines) is 1. The molecule has 7 rings (SSSR count). The lowest BCUT2D eigenvalue weighted by Crippen LogP contribution is -2.78. The predicted molar refractivity (Wildman–Crippen MR) is 160 cm³/mol. The van der Waals surface area contributed by atoms with Gasteiger partial charge in [-0.05, 0) is 73.9 Å². The number of phenolic OH excluding ortho intramolecular Hbond substituents is 1. The minimum atomic E-state index is -1.02. The van der Waals surface area contributed by atoms with Gasteiger partial charge in [0.05, 0.1) is 29.6 Å². The summed E-state index contributed by atoms with van der Waals surface area (Å²) in [6.45, 7) is 6.52. The highest BCUT2D eigenvalue weighted by Crippen LogP contribution is 2.65. The Balaban J connectivity index is 1.26. The van der Waals surface area contributed by atoms with Crippen molar-refractivity contribution in [3.8, 4) is 11.5 Å². The molecule has 2 N–H and O–H groups in total. The Morgan fingerprint density at radius 1 is 1.17 bits per heavy atom. The molecule has 1 amide bonds. The van der Waals surface area contributed by atoms with Crippen molar-refractivity contribution in [3.05, 3.63) is 89.4 Å². The number of piperidine rings is 1. The Bertz CT molecular complexity index is 1480. The highest BCUT2D eigenvalue weighted by atomic mass is 16.5. The molecule has 4 aliphatic rings. The van der Waals surface area contributed by atoms with Gasteiger partial charge in [-0.3, -0.25) is 9.69 Å². The molecule has 2 aromatic carbocycles. The number of phenols is 1. The minimum absolute atomic E-state index is 0.0553. The maximum atomic E-state index is 13.8. The molecular formula is C35H40N2O5. The normalized spacial score (nSPS) is 29.5. The van der Waals surface area contributed by atoms with Gasteiger partial charge in [-0.15, -0.1) is 0 Å². The molecule has 2 aliphatic heterocycles. The van der Waals surface area contributed by atoms with Crippen molar-refractivity contribution >= 4 is 12.0 Å². The van der Waals surface area contributed by atoms with Crippen LogP contribution in [0.5, 0.6) is 11.5 Å². The maximum Gasteiger partial charge on any atom is 0.246 e. The number of carbonyl (C=O) groups excluding carboxylic acids is 1. The number of aliphatic hydroxyl groups is 1. The smallest absolute Gasteiger partial charge is 0.246 e. The fourth-order valence-corrected chi connectivity index (χ4v) is 8.52. The SMILES string of the molecule is CC(C)CN(C(=O)/C=C/c1ccoc1)[C@H]1CC[C@@]2(O)[C@H]3Cc4ccc(O)c5c4[C@@]2(CCN3CCc2ccccc2)[C@H]1O5. The van der Waals surface area contributed by atoms with Crippen molar-refractivity contribution in [1.82, 2.24) is 9.80 Å². The van der Waals surface area contributed by atoms with E-state index in [4.69, 9.17) is 9.15 Å². The lowest BCUT2D eigenvalue weighted by atomic mass is 9.48. The van der Waals surface area contributed by atoms with Crippen molar-refractivity contribution in [2.45, 2.75) is 75.2 Å². The van der Waals surface area contributed by atoms with E-state index in [1.807, 2.05) is 23.1 Å². The molecule has 2 fully saturated rings. The van der Waals surface area contributed by atoms with Crippen molar-refractivity contribution in [3.63, 3.8) is 0 Å². The highest BCUT2D eigenvalue weighted by molar-refractivity contribution is 5.92. The van der Waals surface area contributed by atoms with Gasteiger partial charge in [0, 0.05) is 36.3 Å². The maximum absolute atomic E-state index is 13.8. The Hall–Kier alpha value is -3.55. The molecule has 3 heterocycles. The molecule has 2 bridgehead atoms. The minimum Gasteiger partial charge on any atom is -0.504 e. The first-order chi connectivity index (χ1) is 20.3. The molecule has 1 spiro atoms. The number of nitrogens with zero attached hydrogens (tertiary/aromatic N) is 2. The molecule has 7 nitrogen and oxygen atoms in total. The molecule has 1 saturated heterocycles. The number of carbonyl (C=O) groups is 1. The second-order valence-electron chi connectivity index (χ2n) is 13.0. The van der Waals surface area contributed by atoms with E-state index < -0.39 is 17.1 Å². The Labute approximate surface area is 247 Å². The van der Waals surface area contributed by atoms with E-state index in [1.54, 1.807) is 30.7 Å². The largest absolute Gasteiger partial charge is 0.504 e. The number of hydrogen-bond donors (Lipinski definition) is 2. The number of amides is 1. The van der Waals surface area contributed by atoms with E-state index >= 15 is 0 Å². The first kappa shape index (κ1) is 27.3. The second kappa shape index (κ2) is 10.3. The second-order valence-corrected chi connectivity index (χ2v) is 13.0. The summed E-state index contributed by atoms with van der Waals surface area (Å²) in [5.41, 5.74) is 2.55. The third-order valence-corrected chi connectivity index (χ3v) is 10.3. The topological polar surface area (TPSA) is 86.4 Å². The van der Waals surface area contributed by atoms with E-state index in [9.17, 15) is 15.0 Å². The summed E-state index contributed by atoms with van der Waals surface area (Å²) < 4.78 is 11.9. The number of rotatable bonds is 8. The highest BCUT2D eigenvalue weighted by Gasteiger charge is 2.73. The number of hydrogen-bond acceptors (Lipinski definition) is 6. The zero-order valence-electron chi connectivity index (χ0n) is 24.4. The van der Waals surface area contributed by atoms with Crippen molar-refractivity contribution in [1.29, 1.82) is 0 Å². The summed E-state index contributed by atoms with van der Waals surface area (Å²) in [7, 11) is 0. The summed E-state index contributed by atoms with van der Waals surface area (Å²) in [5.74, 6) is 0.796. The average Bonchev–Trinajstić information content (AvgIpc) is 3.62. The number of ether oxygens (including phenoxy) is 1. The van der Waals surface area contributed by atoms with Gasteiger partial charge in [0.1, 0.15) is 6.10 Å². The fraction of sp³-hybridized carbons (Fsp3) is 0.457. The lowest BCUT2D eigenvalue weighted by molar-refractivity contribution is -0.201. The van der Waals surface area contributed by atoms with E-state index in [-0.39, 0.29) is 29.7 Å². The Morgan fingerprint density at radius 2 is 2.00 bits per heavy atom. The van der Waals surface area contributed by atoms with Gasteiger partial charge in [-0.1, -0.05) is 50.2 Å². The van der Waals surface area contributed by atoms with E-state index in [1.165, 1.54) is 5.56 Å². The number of aromatic hydroxyl groups is 1. The third kappa shape index (κ3) is 4.12. The van der Waals surface area contributed by atoms with Crippen LogP contribution in [0.2, 0.25) is 0 Å².